The van der Waals surface area contributed by atoms with Crippen LogP contribution in [0.4, 0.5) is 5.88 Å². The molecule has 0 saturated heterocycles. The second kappa shape index (κ2) is 8.36. The summed E-state index contributed by atoms with van der Waals surface area (Å²) in [4.78, 5) is 24.6. The van der Waals surface area contributed by atoms with Crippen molar-refractivity contribution in [3.63, 3.8) is 0 Å². The maximum atomic E-state index is 12.3. The van der Waals surface area contributed by atoms with Gasteiger partial charge in [0.05, 0.1) is 17.2 Å². The van der Waals surface area contributed by atoms with E-state index >= 15 is 0 Å². The molecule has 0 aliphatic heterocycles. The Morgan fingerprint density at radius 3 is 2.36 bits per heavy atom. The van der Waals surface area contributed by atoms with E-state index in [4.69, 9.17) is 32.5 Å². The van der Waals surface area contributed by atoms with Gasteiger partial charge in [0.15, 0.2) is 5.56 Å². The molecule has 1 amide bonds. The molecule has 0 radical (unpaired) electrons. The van der Waals surface area contributed by atoms with Crippen LogP contribution in [0.5, 0.6) is 0 Å². The number of hydrogen-bond acceptors (Lipinski definition) is 5. The molecule has 0 saturated carbocycles. The van der Waals surface area contributed by atoms with Gasteiger partial charge in [-0.25, -0.2) is 4.79 Å². The molecule has 0 atom stereocenters. The van der Waals surface area contributed by atoms with Gasteiger partial charge >= 0.3 is 5.97 Å². The maximum absolute atomic E-state index is 12.3. The Morgan fingerprint density at radius 2 is 1.84 bits per heavy atom. The van der Waals surface area contributed by atoms with Gasteiger partial charge in [-0.2, -0.15) is 0 Å². The van der Waals surface area contributed by atoms with E-state index in [9.17, 15) is 9.59 Å². The first kappa shape index (κ1) is 19.3. The number of carbonyl (C=O) groups excluding carboxylic acids is 2. The minimum Gasteiger partial charge on any atom is -0.465 e. The number of aromatic nitrogens is 1. The van der Waals surface area contributed by atoms with E-state index in [-0.39, 0.29) is 29.0 Å². The monoisotopic (exact) mass is 384 g/mol. The smallest absolute Gasteiger partial charge is 0.345 e. The predicted molar refractivity (Wildman–Crippen MR) is 96.0 cm³/mol. The van der Waals surface area contributed by atoms with Gasteiger partial charge in [0, 0.05) is 11.5 Å². The predicted octanol–water partition coefficient (Wildman–Crippen LogP) is 4.81. The zero-order valence-corrected chi connectivity index (χ0v) is 15.6. The Kier molecular flexibility index (Phi) is 6.45. The lowest BCUT2D eigenvalue weighted by Gasteiger charge is -2.11. The van der Waals surface area contributed by atoms with E-state index in [0.29, 0.717) is 28.5 Å². The van der Waals surface area contributed by atoms with Gasteiger partial charge in [-0.3, -0.25) is 10.1 Å². The summed E-state index contributed by atoms with van der Waals surface area (Å²) < 4.78 is 9.99. The number of nitrogens with zero attached hydrogens (tertiary/aromatic N) is 1. The Hall–Kier alpha value is -2.05. The van der Waals surface area contributed by atoms with Crippen LogP contribution in [0.25, 0.3) is 11.3 Å². The number of carbonyl (C=O) groups is 2. The first-order chi connectivity index (χ1) is 11.9. The number of amides is 1. The molecule has 25 heavy (non-hydrogen) atoms. The zero-order chi connectivity index (χ0) is 18.6. The molecule has 1 N–H and O–H groups in total. The highest BCUT2D eigenvalue weighted by molar-refractivity contribution is 6.39. The van der Waals surface area contributed by atoms with Crippen LogP contribution < -0.4 is 5.32 Å². The Labute approximate surface area is 155 Å². The molecule has 0 aliphatic carbocycles. The van der Waals surface area contributed by atoms with Crippen molar-refractivity contribution in [3.05, 3.63) is 33.8 Å². The number of nitrogens with one attached hydrogen (secondary N) is 1. The third-order valence-electron chi connectivity index (χ3n) is 3.87. The number of esters is 1. The molecule has 1 aromatic heterocycles. The minimum absolute atomic E-state index is 0.0307. The van der Waals surface area contributed by atoms with Crippen molar-refractivity contribution in [2.75, 3.05) is 12.4 Å². The molecule has 0 aliphatic rings. The molecule has 1 aromatic carbocycles. The van der Waals surface area contributed by atoms with Crippen LogP contribution in [-0.4, -0.2) is 24.1 Å². The summed E-state index contributed by atoms with van der Waals surface area (Å²) in [6.07, 6.45) is 1.32. The van der Waals surface area contributed by atoms with Gasteiger partial charge in [0.1, 0.15) is 5.69 Å². The van der Waals surface area contributed by atoms with Crippen LogP contribution in [0.1, 0.15) is 37.0 Å². The standard InChI is InChI=1S/C17H18Cl2N2O4/c1-4-9(5-2)15(22)20-16-13(17(23)24-3)14(21-25-16)12-10(18)7-6-8-11(12)19/h6-9H,4-5H2,1-3H3,(H,20,22). The number of halogens is 2. The highest BCUT2D eigenvalue weighted by Gasteiger charge is 2.29. The average Bonchev–Trinajstić information content (AvgIpc) is 2.98. The molecule has 8 heteroatoms. The Bertz CT molecular complexity index is 765. The Morgan fingerprint density at radius 1 is 1.24 bits per heavy atom. The van der Waals surface area contributed by atoms with Crippen molar-refractivity contribution in [2.45, 2.75) is 26.7 Å². The van der Waals surface area contributed by atoms with Crippen molar-refractivity contribution in [1.29, 1.82) is 0 Å². The van der Waals surface area contributed by atoms with Crippen molar-refractivity contribution in [2.24, 2.45) is 5.92 Å². The molecular formula is C17H18Cl2N2O4. The topological polar surface area (TPSA) is 81.4 Å². The van der Waals surface area contributed by atoms with E-state index < -0.39 is 5.97 Å². The number of rotatable bonds is 6. The lowest BCUT2D eigenvalue weighted by Crippen LogP contribution is -2.22. The summed E-state index contributed by atoms with van der Waals surface area (Å²) in [5.41, 5.74) is 0.414. The first-order valence-corrected chi connectivity index (χ1v) is 8.53. The fourth-order valence-electron chi connectivity index (χ4n) is 2.43. The molecule has 1 heterocycles. The largest absolute Gasteiger partial charge is 0.465 e. The van der Waals surface area contributed by atoms with Crippen molar-refractivity contribution in [1.82, 2.24) is 5.16 Å². The summed E-state index contributed by atoms with van der Waals surface area (Å²) in [7, 11) is 1.22. The van der Waals surface area contributed by atoms with Crippen LogP contribution in [0, 0.1) is 5.92 Å². The number of ether oxygens (including phenoxy) is 1. The number of benzene rings is 1. The third kappa shape index (κ3) is 3.96. The summed E-state index contributed by atoms with van der Waals surface area (Å²) in [6, 6.07) is 4.89. The number of anilines is 1. The molecule has 0 fully saturated rings. The fourth-order valence-corrected chi connectivity index (χ4v) is 3.01. The van der Waals surface area contributed by atoms with E-state index in [1.165, 1.54) is 7.11 Å². The van der Waals surface area contributed by atoms with Crippen LogP contribution >= 0.6 is 23.2 Å². The lowest BCUT2D eigenvalue weighted by molar-refractivity contribution is -0.120. The molecule has 2 rings (SSSR count). The van der Waals surface area contributed by atoms with E-state index in [1.807, 2.05) is 13.8 Å². The van der Waals surface area contributed by atoms with Crippen molar-refractivity contribution >= 4 is 41.0 Å². The van der Waals surface area contributed by atoms with Crippen molar-refractivity contribution in [3.8, 4) is 11.3 Å². The van der Waals surface area contributed by atoms with Crippen LogP contribution in [0.3, 0.4) is 0 Å². The van der Waals surface area contributed by atoms with E-state index in [2.05, 4.69) is 10.5 Å². The molecule has 0 bridgehead atoms. The van der Waals surface area contributed by atoms with Gasteiger partial charge in [-0.05, 0) is 25.0 Å². The van der Waals surface area contributed by atoms with Crippen LogP contribution in [0.15, 0.2) is 22.7 Å². The normalized spacial score (nSPS) is 10.8. The van der Waals surface area contributed by atoms with Gasteiger partial charge in [0.2, 0.25) is 11.8 Å². The first-order valence-electron chi connectivity index (χ1n) is 7.77. The van der Waals surface area contributed by atoms with Gasteiger partial charge < -0.3 is 9.26 Å². The molecule has 6 nitrogen and oxygen atoms in total. The number of methoxy groups -OCH3 is 1. The molecule has 134 valence electrons. The maximum Gasteiger partial charge on any atom is 0.345 e. The summed E-state index contributed by atoms with van der Waals surface area (Å²) >= 11 is 12.4. The molecular weight excluding hydrogens is 367 g/mol. The minimum atomic E-state index is -0.716. The summed E-state index contributed by atoms with van der Waals surface area (Å²) in [5.74, 6) is -1.27. The SMILES string of the molecule is CCC(CC)C(=O)Nc1onc(-c2c(Cl)cccc2Cl)c1C(=O)OC. The lowest BCUT2D eigenvalue weighted by atomic mass is 10.0. The van der Waals surface area contributed by atoms with E-state index in [1.54, 1.807) is 18.2 Å². The molecule has 2 aromatic rings. The van der Waals surface area contributed by atoms with Crippen LogP contribution in [-0.2, 0) is 9.53 Å². The summed E-state index contributed by atoms with van der Waals surface area (Å²) in [5, 5.41) is 7.07. The molecule has 0 unspecified atom stereocenters. The quantitative estimate of drug-likeness (QED) is 0.722. The summed E-state index contributed by atoms with van der Waals surface area (Å²) in [6.45, 7) is 3.81. The highest BCUT2D eigenvalue weighted by atomic mass is 35.5. The van der Waals surface area contributed by atoms with Crippen molar-refractivity contribution < 1.29 is 18.8 Å². The second-order valence-electron chi connectivity index (χ2n) is 5.33. The molecule has 0 spiro atoms. The average molecular weight is 385 g/mol. The third-order valence-corrected chi connectivity index (χ3v) is 4.50. The van der Waals surface area contributed by atoms with Gasteiger partial charge in [0.25, 0.3) is 0 Å². The van der Waals surface area contributed by atoms with E-state index in [0.717, 1.165) is 0 Å². The van der Waals surface area contributed by atoms with Gasteiger partial charge in [-0.1, -0.05) is 48.3 Å². The Balaban J connectivity index is 2.52. The fraction of sp³-hybridized carbons (Fsp3) is 0.353. The van der Waals surface area contributed by atoms with Crippen LogP contribution in [0.2, 0.25) is 10.0 Å². The highest BCUT2D eigenvalue weighted by Crippen LogP contribution is 2.38. The number of hydrogen-bond donors (Lipinski definition) is 1. The second-order valence-corrected chi connectivity index (χ2v) is 6.14. The zero-order valence-electron chi connectivity index (χ0n) is 14.1. The van der Waals surface area contributed by atoms with Gasteiger partial charge in [-0.15, -0.1) is 0 Å².